The van der Waals surface area contributed by atoms with E-state index < -0.39 is 6.09 Å². The van der Waals surface area contributed by atoms with Crippen LogP contribution in [0.4, 0.5) is 4.79 Å². The Hall–Kier alpha value is -2.04. The number of alkyl carbamates (subject to hydrolysis) is 1. The summed E-state index contributed by atoms with van der Waals surface area (Å²) in [5.74, 6) is 0.0806. The summed E-state index contributed by atoms with van der Waals surface area (Å²) in [6.45, 7) is 2.90. The van der Waals surface area contributed by atoms with Crippen LogP contribution in [0, 0.1) is 5.41 Å². The van der Waals surface area contributed by atoms with Crippen molar-refractivity contribution in [1.82, 2.24) is 10.6 Å². The Morgan fingerprint density at radius 1 is 1.14 bits per heavy atom. The minimum absolute atomic E-state index is 0.0806. The van der Waals surface area contributed by atoms with Gasteiger partial charge in [-0.05, 0) is 31.7 Å². The minimum atomic E-state index is -0.447. The summed E-state index contributed by atoms with van der Waals surface area (Å²) in [4.78, 5) is 23.3. The van der Waals surface area contributed by atoms with E-state index in [1.54, 1.807) is 6.92 Å². The Morgan fingerprint density at radius 3 is 2.43 bits per heavy atom. The van der Waals surface area contributed by atoms with E-state index in [1.807, 2.05) is 18.2 Å². The van der Waals surface area contributed by atoms with Gasteiger partial charge in [0.25, 0.3) is 0 Å². The largest absolute Gasteiger partial charge is 0.450 e. The zero-order valence-electron chi connectivity index (χ0n) is 12.4. The standard InChI is InChI=1S/C16H22N2O3/c1-2-21-15(20)18-11-10-17-14(19)16(8-9-16)12-13-6-4-3-5-7-13/h3-7H,2,8-12H2,1H3,(H,17,19)(H,18,20). The Labute approximate surface area is 125 Å². The molecule has 5 heteroatoms. The van der Waals surface area contributed by atoms with Gasteiger partial charge in [0.2, 0.25) is 5.91 Å². The molecule has 1 aliphatic rings. The molecule has 0 aromatic heterocycles. The fourth-order valence-corrected chi connectivity index (χ4v) is 2.33. The molecule has 2 rings (SSSR count). The van der Waals surface area contributed by atoms with Crippen LogP contribution in [0.1, 0.15) is 25.3 Å². The normalized spacial score (nSPS) is 15.1. The zero-order chi connectivity index (χ0) is 15.1. The smallest absolute Gasteiger partial charge is 0.407 e. The monoisotopic (exact) mass is 290 g/mol. The topological polar surface area (TPSA) is 67.4 Å². The summed E-state index contributed by atoms with van der Waals surface area (Å²) in [7, 11) is 0. The van der Waals surface area contributed by atoms with Crippen LogP contribution in [-0.4, -0.2) is 31.7 Å². The van der Waals surface area contributed by atoms with Gasteiger partial charge in [0, 0.05) is 13.1 Å². The molecule has 1 fully saturated rings. The van der Waals surface area contributed by atoms with Gasteiger partial charge in [-0.2, -0.15) is 0 Å². The second-order valence-corrected chi connectivity index (χ2v) is 5.35. The third-order valence-corrected chi connectivity index (χ3v) is 3.68. The maximum atomic E-state index is 12.2. The fourth-order valence-electron chi connectivity index (χ4n) is 2.33. The average Bonchev–Trinajstić information content (AvgIpc) is 3.25. The number of nitrogens with one attached hydrogen (secondary N) is 2. The lowest BCUT2D eigenvalue weighted by Crippen LogP contribution is -2.39. The molecule has 2 N–H and O–H groups in total. The molecule has 1 aliphatic carbocycles. The number of benzene rings is 1. The predicted octanol–water partition coefficient (Wildman–Crippen LogP) is 1.87. The second kappa shape index (κ2) is 7.11. The summed E-state index contributed by atoms with van der Waals surface area (Å²) in [5, 5.41) is 5.48. The maximum absolute atomic E-state index is 12.2. The van der Waals surface area contributed by atoms with Crippen molar-refractivity contribution >= 4 is 12.0 Å². The van der Waals surface area contributed by atoms with E-state index in [1.165, 1.54) is 5.56 Å². The van der Waals surface area contributed by atoms with Crippen LogP contribution in [0.5, 0.6) is 0 Å². The van der Waals surface area contributed by atoms with Crippen molar-refractivity contribution in [3.05, 3.63) is 35.9 Å². The molecule has 1 saturated carbocycles. The molecule has 0 radical (unpaired) electrons. The van der Waals surface area contributed by atoms with E-state index in [4.69, 9.17) is 4.74 Å². The third-order valence-electron chi connectivity index (χ3n) is 3.68. The average molecular weight is 290 g/mol. The molecule has 1 aromatic rings. The Kier molecular flexibility index (Phi) is 5.20. The van der Waals surface area contributed by atoms with Gasteiger partial charge < -0.3 is 15.4 Å². The summed E-state index contributed by atoms with van der Waals surface area (Å²) >= 11 is 0. The van der Waals surface area contributed by atoms with Crippen molar-refractivity contribution in [2.45, 2.75) is 26.2 Å². The summed E-state index contributed by atoms with van der Waals surface area (Å²) in [5.41, 5.74) is 0.945. The highest BCUT2D eigenvalue weighted by Crippen LogP contribution is 2.48. The van der Waals surface area contributed by atoms with Crippen molar-refractivity contribution in [2.24, 2.45) is 5.41 Å². The number of ether oxygens (including phenoxy) is 1. The molecule has 0 saturated heterocycles. The quantitative estimate of drug-likeness (QED) is 0.753. The molecule has 114 valence electrons. The number of hydrogen-bond acceptors (Lipinski definition) is 3. The molecule has 0 aliphatic heterocycles. The van der Waals surface area contributed by atoms with Gasteiger partial charge in [-0.25, -0.2) is 4.79 Å². The number of carbonyl (C=O) groups is 2. The lowest BCUT2D eigenvalue weighted by molar-refractivity contribution is -0.126. The SMILES string of the molecule is CCOC(=O)NCCNC(=O)C1(Cc2ccccc2)CC1. The van der Waals surface area contributed by atoms with E-state index in [9.17, 15) is 9.59 Å². The Morgan fingerprint density at radius 2 is 1.81 bits per heavy atom. The van der Waals surface area contributed by atoms with E-state index in [-0.39, 0.29) is 11.3 Å². The summed E-state index contributed by atoms with van der Waals surface area (Å²) in [6, 6.07) is 10.1. The van der Waals surface area contributed by atoms with Gasteiger partial charge in [-0.1, -0.05) is 30.3 Å². The van der Waals surface area contributed by atoms with E-state index in [0.29, 0.717) is 19.7 Å². The van der Waals surface area contributed by atoms with Crippen LogP contribution in [0.15, 0.2) is 30.3 Å². The van der Waals surface area contributed by atoms with Crippen LogP contribution < -0.4 is 10.6 Å². The number of rotatable bonds is 7. The van der Waals surface area contributed by atoms with Gasteiger partial charge in [0.05, 0.1) is 12.0 Å². The Bertz CT molecular complexity index is 484. The first-order chi connectivity index (χ1) is 10.2. The molecule has 0 unspecified atom stereocenters. The van der Waals surface area contributed by atoms with Gasteiger partial charge in [0.15, 0.2) is 0 Å². The fraction of sp³-hybridized carbons (Fsp3) is 0.500. The molecular weight excluding hydrogens is 268 g/mol. The zero-order valence-corrected chi connectivity index (χ0v) is 12.4. The van der Waals surface area contributed by atoms with Gasteiger partial charge in [-0.3, -0.25) is 4.79 Å². The third kappa shape index (κ3) is 4.48. The molecule has 0 heterocycles. The molecule has 5 nitrogen and oxygen atoms in total. The van der Waals surface area contributed by atoms with Crippen molar-refractivity contribution in [2.75, 3.05) is 19.7 Å². The van der Waals surface area contributed by atoms with Crippen molar-refractivity contribution in [3.63, 3.8) is 0 Å². The minimum Gasteiger partial charge on any atom is -0.450 e. The van der Waals surface area contributed by atoms with E-state index in [2.05, 4.69) is 22.8 Å². The molecule has 0 spiro atoms. The maximum Gasteiger partial charge on any atom is 0.407 e. The molecule has 1 aromatic carbocycles. The van der Waals surface area contributed by atoms with Crippen molar-refractivity contribution in [3.8, 4) is 0 Å². The first-order valence-corrected chi connectivity index (χ1v) is 7.39. The number of hydrogen-bond donors (Lipinski definition) is 2. The van der Waals surface area contributed by atoms with Crippen LogP contribution >= 0.6 is 0 Å². The van der Waals surface area contributed by atoms with Crippen LogP contribution in [0.25, 0.3) is 0 Å². The van der Waals surface area contributed by atoms with Crippen LogP contribution in [-0.2, 0) is 16.0 Å². The lowest BCUT2D eigenvalue weighted by Gasteiger charge is -2.15. The highest BCUT2D eigenvalue weighted by atomic mass is 16.5. The first-order valence-electron chi connectivity index (χ1n) is 7.39. The molecule has 0 atom stereocenters. The van der Waals surface area contributed by atoms with E-state index >= 15 is 0 Å². The molecule has 21 heavy (non-hydrogen) atoms. The van der Waals surface area contributed by atoms with Crippen LogP contribution in [0.2, 0.25) is 0 Å². The van der Waals surface area contributed by atoms with Crippen molar-refractivity contribution in [1.29, 1.82) is 0 Å². The lowest BCUT2D eigenvalue weighted by atomic mass is 9.95. The number of amides is 2. The Balaban J connectivity index is 1.72. The van der Waals surface area contributed by atoms with Gasteiger partial charge in [-0.15, -0.1) is 0 Å². The highest BCUT2D eigenvalue weighted by Gasteiger charge is 2.49. The summed E-state index contributed by atoms with van der Waals surface area (Å²) < 4.78 is 4.74. The second-order valence-electron chi connectivity index (χ2n) is 5.35. The van der Waals surface area contributed by atoms with Crippen LogP contribution in [0.3, 0.4) is 0 Å². The van der Waals surface area contributed by atoms with Gasteiger partial charge >= 0.3 is 6.09 Å². The van der Waals surface area contributed by atoms with Crippen molar-refractivity contribution < 1.29 is 14.3 Å². The van der Waals surface area contributed by atoms with E-state index in [0.717, 1.165) is 19.3 Å². The summed E-state index contributed by atoms with van der Waals surface area (Å²) in [6.07, 6.45) is 2.19. The molecule has 0 bridgehead atoms. The molecule has 2 amide bonds. The highest BCUT2D eigenvalue weighted by molar-refractivity contribution is 5.85. The molecular formula is C16H22N2O3. The number of carbonyl (C=O) groups excluding carboxylic acids is 2. The first kappa shape index (κ1) is 15.4. The van der Waals surface area contributed by atoms with Gasteiger partial charge in [0.1, 0.15) is 0 Å². The predicted molar refractivity (Wildman–Crippen MR) is 79.8 cm³/mol.